The summed E-state index contributed by atoms with van der Waals surface area (Å²) in [5.74, 6) is -5.68. The van der Waals surface area contributed by atoms with Gasteiger partial charge in [0.1, 0.15) is 0 Å². The van der Waals surface area contributed by atoms with Gasteiger partial charge in [-0.15, -0.1) is 0 Å². The number of rotatable bonds is 10. The van der Waals surface area contributed by atoms with E-state index in [-0.39, 0.29) is 49.1 Å². The summed E-state index contributed by atoms with van der Waals surface area (Å²) in [7, 11) is 1.44. The molecule has 2 aliphatic heterocycles. The summed E-state index contributed by atoms with van der Waals surface area (Å²) < 4.78 is 5.51. The number of carbonyl (C=O) groups is 5. The van der Waals surface area contributed by atoms with Gasteiger partial charge < -0.3 is 14.9 Å². The van der Waals surface area contributed by atoms with Crippen LogP contribution in [0.2, 0.25) is 5.02 Å². The number of unbranched alkanes of at least 4 members (excludes halogenated alkanes) is 2. The number of methoxy groups -OCH3 is 1. The quantitative estimate of drug-likeness (QED) is 0.153. The van der Waals surface area contributed by atoms with Crippen molar-refractivity contribution in [2.75, 3.05) is 18.6 Å². The number of nitrogens with zero attached hydrogens (tertiary/aromatic N) is 2. The molecule has 4 aliphatic rings. The monoisotopic (exact) mass is 696 g/mol. The highest BCUT2D eigenvalue weighted by Gasteiger charge is 2.70. The lowest BCUT2D eigenvalue weighted by Gasteiger charge is -2.50. The SMILES string of the molecule is COc1cc([C@H]2C3=CC[C@@H]4C(=O)N(CCCCCC(=O)O)C(=O)[C@@H]4[C@@H]3C[C@H]3C(=O)N(c4cccc(Cl)c4)C(=O)[C@@]23c2ccccc2)ccc1O. The summed E-state index contributed by atoms with van der Waals surface area (Å²) in [4.78, 5) is 71.5. The van der Waals surface area contributed by atoms with Crippen molar-refractivity contribution in [1.82, 2.24) is 4.90 Å². The van der Waals surface area contributed by atoms with E-state index in [1.807, 2.05) is 36.4 Å². The van der Waals surface area contributed by atoms with E-state index < -0.39 is 52.8 Å². The highest BCUT2D eigenvalue weighted by atomic mass is 35.5. The van der Waals surface area contributed by atoms with E-state index in [9.17, 15) is 24.3 Å². The van der Waals surface area contributed by atoms with Gasteiger partial charge in [0.2, 0.25) is 23.6 Å². The lowest BCUT2D eigenvalue weighted by Crippen LogP contribution is -2.53. The van der Waals surface area contributed by atoms with Crippen molar-refractivity contribution < 1.29 is 38.9 Å². The number of halogens is 1. The molecule has 3 aromatic carbocycles. The van der Waals surface area contributed by atoms with E-state index in [1.165, 1.54) is 23.0 Å². The maximum absolute atomic E-state index is 15.3. The Balaban J connectivity index is 1.37. The zero-order valence-corrected chi connectivity index (χ0v) is 28.2. The Morgan fingerprint density at radius 3 is 2.42 bits per heavy atom. The van der Waals surface area contributed by atoms with Crippen molar-refractivity contribution in [2.45, 2.75) is 49.9 Å². The number of hydrogen-bond acceptors (Lipinski definition) is 7. The summed E-state index contributed by atoms with van der Waals surface area (Å²) in [6, 6.07) is 20.7. The second kappa shape index (κ2) is 13.1. The highest BCUT2D eigenvalue weighted by molar-refractivity contribution is 6.32. The molecule has 0 bridgehead atoms. The van der Waals surface area contributed by atoms with Crippen LogP contribution in [0, 0.1) is 23.7 Å². The number of amides is 4. The fourth-order valence-electron chi connectivity index (χ4n) is 9.00. The standard InChI is InChI=1S/C39H37ClN2O8/c1-50-31-19-22(14-17-30(31)43)34-26-15-16-27-33(37(48)41(35(27)46)18-7-3-6-13-32(44)45)28(26)21-29-36(47)42(25-12-8-11-24(40)20-25)38(49)39(29,34)23-9-4-2-5-10-23/h2,4-5,8-12,14-15,17,19-20,27-29,33-34,43H,3,6-7,13,16,18,21H2,1H3,(H,44,45)/t27-,28+,29-,33-,34-,39+/m0/s1. The van der Waals surface area contributed by atoms with Crippen molar-refractivity contribution in [3.8, 4) is 11.5 Å². The second-order valence-corrected chi connectivity index (χ2v) is 14.0. The zero-order chi connectivity index (χ0) is 35.3. The summed E-state index contributed by atoms with van der Waals surface area (Å²) in [5.41, 5.74) is 0.980. The number of anilines is 1. The van der Waals surface area contributed by atoms with Crippen molar-refractivity contribution in [3.63, 3.8) is 0 Å². The van der Waals surface area contributed by atoms with E-state index >= 15 is 4.79 Å². The van der Waals surface area contributed by atoms with Crippen LogP contribution in [0.25, 0.3) is 0 Å². The average molecular weight is 697 g/mol. The molecule has 2 heterocycles. The zero-order valence-electron chi connectivity index (χ0n) is 27.5. The van der Waals surface area contributed by atoms with Crippen LogP contribution in [0.5, 0.6) is 11.5 Å². The molecule has 2 saturated heterocycles. The number of phenolic OH excluding ortho intramolecular Hbond substituents is 1. The van der Waals surface area contributed by atoms with Crippen LogP contribution in [0.3, 0.4) is 0 Å². The van der Waals surface area contributed by atoms with E-state index in [0.717, 1.165) is 5.57 Å². The largest absolute Gasteiger partial charge is 0.504 e. The molecule has 0 spiro atoms. The number of carboxylic acids is 1. The van der Waals surface area contributed by atoms with Crippen LogP contribution in [0.4, 0.5) is 5.69 Å². The number of benzene rings is 3. The first-order chi connectivity index (χ1) is 24.1. The number of allylic oxidation sites excluding steroid dienone is 2. The number of hydrogen-bond donors (Lipinski definition) is 2. The summed E-state index contributed by atoms with van der Waals surface area (Å²) in [6.07, 6.45) is 3.97. The fraction of sp³-hybridized carbons (Fsp3) is 0.359. The molecule has 11 heteroatoms. The highest BCUT2D eigenvalue weighted by Crippen LogP contribution is 2.64. The van der Waals surface area contributed by atoms with Gasteiger partial charge in [0.15, 0.2) is 11.5 Å². The first-order valence-electron chi connectivity index (χ1n) is 16.9. The van der Waals surface area contributed by atoms with E-state index in [1.54, 1.807) is 36.4 Å². The Bertz CT molecular complexity index is 1930. The Kier molecular flexibility index (Phi) is 8.76. The third-order valence-electron chi connectivity index (χ3n) is 11.1. The third kappa shape index (κ3) is 5.19. The number of fused-ring (bicyclic) bond motifs is 4. The maximum Gasteiger partial charge on any atom is 0.303 e. The average Bonchev–Trinajstić information content (AvgIpc) is 3.49. The van der Waals surface area contributed by atoms with Crippen LogP contribution < -0.4 is 9.64 Å². The molecule has 4 amide bonds. The van der Waals surface area contributed by atoms with Gasteiger partial charge in [-0.3, -0.25) is 28.9 Å². The lowest BCUT2D eigenvalue weighted by molar-refractivity contribution is -0.141. The van der Waals surface area contributed by atoms with E-state index in [0.29, 0.717) is 41.1 Å². The van der Waals surface area contributed by atoms with Gasteiger partial charge in [-0.25, -0.2) is 4.90 Å². The molecule has 0 aromatic heterocycles. The van der Waals surface area contributed by atoms with Crippen molar-refractivity contribution in [2.24, 2.45) is 23.7 Å². The summed E-state index contributed by atoms with van der Waals surface area (Å²) in [5, 5.41) is 20.0. The summed E-state index contributed by atoms with van der Waals surface area (Å²) in [6.45, 7) is 0.197. The minimum Gasteiger partial charge on any atom is -0.504 e. The molecule has 10 nitrogen and oxygen atoms in total. The van der Waals surface area contributed by atoms with E-state index in [2.05, 4.69) is 0 Å². The van der Waals surface area contributed by atoms with Crippen LogP contribution in [0.1, 0.15) is 55.6 Å². The number of phenols is 1. The Morgan fingerprint density at radius 2 is 1.70 bits per heavy atom. The number of aromatic hydroxyl groups is 1. The van der Waals surface area contributed by atoms with Crippen molar-refractivity contribution in [1.29, 1.82) is 0 Å². The van der Waals surface area contributed by atoms with Crippen molar-refractivity contribution >= 4 is 46.9 Å². The van der Waals surface area contributed by atoms with Crippen molar-refractivity contribution in [3.05, 3.63) is 101 Å². The molecule has 258 valence electrons. The summed E-state index contributed by atoms with van der Waals surface area (Å²) >= 11 is 6.37. The number of carbonyl (C=O) groups excluding carboxylic acids is 4. The predicted octanol–water partition coefficient (Wildman–Crippen LogP) is 5.86. The Morgan fingerprint density at radius 1 is 0.920 bits per heavy atom. The number of aliphatic carboxylic acids is 1. The molecule has 0 unspecified atom stereocenters. The van der Waals surface area contributed by atoms with E-state index in [4.69, 9.17) is 21.4 Å². The molecular formula is C39H37ClN2O8. The predicted molar refractivity (Wildman–Crippen MR) is 184 cm³/mol. The van der Waals surface area contributed by atoms with Gasteiger partial charge in [0.05, 0.1) is 36.0 Å². The Hall–Kier alpha value is -4.96. The fourth-order valence-corrected chi connectivity index (χ4v) is 9.19. The number of imide groups is 2. The molecule has 7 rings (SSSR count). The van der Waals surface area contributed by atoms with Crippen LogP contribution in [-0.4, -0.2) is 58.4 Å². The molecule has 3 aromatic rings. The van der Waals surface area contributed by atoms with Crippen LogP contribution >= 0.6 is 11.6 Å². The van der Waals surface area contributed by atoms with Gasteiger partial charge in [0, 0.05) is 23.9 Å². The maximum atomic E-state index is 15.3. The molecule has 50 heavy (non-hydrogen) atoms. The number of carboxylic acid groups (broad SMARTS) is 1. The van der Waals surface area contributed by atoms with Gasteiger partial charge >= 0.3 is 5.97 Å². The van der Waals surface area contributed by atoms with Gasteiger partial charge in [-0.05, 0) is 73.1 Å². The van der Waals surface area contributed by atoms with Crippen LogP contribution in [0.15, 0.2) is 84.4 Å². The van der Waals surface area contributed by atoms with Gasteiger partial charge in [-0.2, -0.15) is 0 Å². The van der Waals surface area contributed by atoms with Gasteiger partial charge in [0.25, 0.3) is 0 Å². The molecule has 6 atom stereocenters. The topological polar surface area (TPSA) is 142 Å². The first kappa shape index (κ1) is 33.5. The molecule has 2 N–H and O–H groups in total. The second-order valence-electron chi connectivity index (χ2n) is 13.6. The van der Waals surface area contributed by atoms with Gasteiger partial charge in [-0.1, -0.05) is 72.1 Å². The minimum atomic E-state index is -1.44. The van der Waals surface area contributed by atoms with Crippen LogP contribution in [-0.2, 0) is 29.4 Å². The molecule has 3 fully saturated rings. The smallest absolute Gasteiger partial charge is 0.303 e. The Labute approximate surface area is 294 Å². The molecule has 2 aliphatic carbocycles. The number of ether oxygens (including phenoxy) is 1. The minimum absolute atomic E-state index is 0.0233. The third-order valence-corrected chi connectivity index (χ3v) is 11.3. The normalized spacial score (nSPS) is 27.2. The molecular weight excluding hydrogens is 660 g/mol. The first-order valence-corrected chi connectivity index (χ1v) is 17.3. The molecule has 1 saturated carbocycles. The molecule has 0 radical (unpaired) electrons. The lowest BCUT2D eigenvalue weighted by atomic mass is 9.49. The number of likely N-dealkylation sites (tertiary alicyclic amines) is 1.